The molecule has 0 fully saturated rings. The van der Waals surface area contributed by atoms with Gasteiger partial charge in [0.25, 0.3) is 0 Å². The molecule has 0 heterocycles. The number of hydrogen-bond acceptors (Lipinski definition) is 3. The summed E-state index contributed by atoms with van der Waals surface area (Å²) in [6.45, 7) is 8.81. The first-order chi connectivity index (χ1) is 9.38. The summed E-state index contributed by atoms with van der Waals surface area (Å²) >= 11 is 1.74. The molecule has 112 valence electrons. The largest absolute Gasteiger partial charge is 0.384 e. The first kappa shape index (κ1) is 16.9. The van der Waals surface area contributed by atoms with Crippen LogP contribution in [0.1, 0.15) is 39.7 Å². The molecule has 1 rings (SSSR count). The van der Waals surface area contributed by atoms with Gasteiger partial charge >= 0.3 is 0 Å². The second-order valence-corrected chi connectivity index (χ2v) is 6.89. The smallest absolute Gasteiger partial charge is 0.126 e. The normalized spacial score (nSPS) is 12.5. The molecule has 0 radical (unpaired) electrons. The Morgan fingerprint density at radius 3 is 2.50 bits per heavy atom. The molecule has 0 bridgehead atoms. The molecular formula is C16H27N3S. The van der Waals surface area contributed by atoms with Gasteiger partial charge in [-0.3, -0.25) is 5.41 Å². The number of rotatable bonds is 7. The number of nitrogen functional groups attached to an aromatic ring is 1. The number of nitrogens with zero attached hydrogens (tertiary/aromatic N) is 1. The van der Waals surface area contributed by atoms with Gasteiger partial charge in [-0.15, -0.1) is 11.8 Å². The molecule has 0 aliphatic carbocycles. The van der Waals surface area contributed by atoms with E-state index in [1.54, 1.807) is 11.8 Å². The van der Waals surface area contributed by atoms with E-state index in [4.69, 9.17) is 11.1 Å². The number of nitrogens with one attached hydrogen (secondary N) is 1. The van der Waals surface area contributed by atoms with Crippen molar-refractivity contribution in [1.29, 1.82) is 5.41 Å². The van der Waals surface area contributed by atoms with E-state index in [-0.39, 0.29) is 5.84 Å². The molecule has 1 unspecified atom stereocenters. The predicted octanol–water partition coefficient (Wildman–Crippen LogP) is 3.95. The zero-order chi connectivity index (χ0) is 15.3. The van der Waals surface area contributed by atoms with Crippen LogP contribution in [0.2, 0.25) is 0 Å². The third kappa shape index (κ3) is 4.17. The van der Waals surface area contributed by atoms with Crippen molar-refractivity contribution in [3.63, 3.8) is 0 Å². The Morgan fingerprint density at radius 1 is 1.35 bits per heavy atom. The first-order valence-electron chi connectivity index (χ1n) is 7.21. The second-order valence-electron chi connectivity index (χ2n) is 5.59. The predicted molar refractivity (Wildman–Crippen MR) is 91.2 cm³/mol. The van der Waals surface area contributed by atoms with Gasteiger partial charge in [-0.1, -0.05) is 26.8 Å². The summed E-state index contributed by atoms with van der Waals surface area (Å²) in [5.41, 5.74) is 7.76. The van der Waals surface area contributed by atoms with Gasteiger partial charge in [0.2, 0.25) is 0 Å². The Kier molecular flexibility index (Phi) is 6.40. The van der Waals surface area contributed by atoms with Crippen molar-refractivity contribution in [2.45, 2.75) is 45.1 Å². The Bertz CT molecular complexity index is 457. The lowest BCUT2D eigenvalue weighted by Gasteiger charge is -2.30. The van der Waals surface area contributed by atoms with Crippen LogP contribution in [0.25, 0.3) is 0 Å². The van der Waals surface area contributed by atoms with E-state index in [0.717, 1.165) is 28.3 Å². The van der Waals surface area contributed by atoms with Crippen LogP contribution in [-0.2, 0) is 0 Å². The maximum Gasteiger partial charge on any atom is 0.126 e. The van der Waals surface area contributed by atoms with Crippen molar-refractivity contribution in [1.82, 2.24) is 0 Å². The fraction of sp³-hybridized carbons (Fsp3) is 0.562. The highest BCUT2D eigenvalue weighted by molar-refractivity contribution is 7.99. The van der Waals surface area contributed by atoms with E-state index in [2.05, 4.69) is 57.8 Å². The summed E-state index contributed by atoms with van der Waals surface area (Å²) in [7, 11) is 2.09. The number of hydrogen-bond donors (Lipinski definition) is 2. The molecular weight excluding hydrogens is 266 g/mol. The fourth-order valence-electron chi connectivity index (χ4n) is 2.44. The van der Waals surface area contributed by atoms with Crippen molar-refractivity contribution >= 4 is 23.3 Å². The van der Waals surface area contributed by atoms with E-state index in [1.807, 2.05) is 0 Å². The molecule has 3 nitrogen and oxygen atoms in total. The minimum atomic E-state index is 0.153. The van der Waals surface area contributed by atoms with Crippen LogP contribution in [0, 0.1) is 11.3 Å². The molecule has 0 aromatic heterocycles. The van der Waals surface area contributed by atoms with Gasteiger partial charge in [0.15, 0.2) is 0 Å². The molecule has 4 heteroatoms. The van der Waals surface area contributed by atoms with Gasteiger partial charge in [-0.2, -0.15) is 0 Å². The molecule has 1 aromatic carbocycles. The van der Waals surface area contributed by atoms with Crippen molar-refractivity contribution < 1.29 is 0 Å². The third-order valence-corrected chi connectivity index (χ3v) is 4.37. The summed E-state index contributed by atoms with van der Waals surface area (Å²) < 4.78 is 0. The number of benzene rings is 1. The summed E-state index contributed by atoms with van der Waals surface area (Å²) in [4.78, 5) is 3.34. The Morgan fingerprint density at radius 2 is 2.00 bits per heavy atom. The average molecular weight is 293 g/mol. The monoisotopic (exact) mass is 293 g/mol. The van der Waals surface area contributed by atoms with Gasteiger partial charge in [-0.25, -0.2) is 0 Å². The molecule has 3 N–H and O–H groups in total. The minimum Gasteiger partial charge on any atom is -0.384 e. The van der Waals surface area contributed by atoms with Crippen molar-refractivity contribution in [2.75, 3.05) is 17.7 Å². The van der Waals surface area contributed by atoms with Gasteiger partial charge < -0.3 is 10.6 Å². The SMILES string of the molecule is CCSc1cccc(N(C)C(C)CC(C)C)c1C(=N)N. The van der Waals surface area contributed by atoms with Crippen LogP contribution in [0.15, 0.2) is 23.1 Å². The van der Waals surface area contributed by atoms with E-state index in [1.165, 1.54) is 0 Å². The van der Waals surface area contributed by atoms with Crippen molar-refractivity contribution in [3.05, 3.63) is 23.8 Å². The lowest BCUT2D eigenvalue weighted by molar-refractivity contribution is 0.504. The molecule has 0 spiro atoms. The second kappa shape index (κ2) is 7.58. The van der Waals surface area contributed by atoms with E-state index in [0.29, 0.717) is 12.0 Å². The highest BCUT2D eigenvalue weighted by Gasteiger charge is 2.18. The molecule has 1 aromatic rings. The van der Waals surface area contributed by atoms with E-state index < -0.39 is 0 Å². The van der Waals surface area contributed by atoms with Crippen LogP contribution < -0.4 is 10.6 Å². The van der Waals surface area contributed by atoms with Crippen LogP contribution in [0.5, 0.6) is 0 Å². The maximum absolute atomic E-state index is 7.91. The van der Waals surface area contributed by atoms with Crippen molar-refractivity contribution in [3.8, 4) is 0 Å². The Labute approximate surface area is 127 Å². The Hall–Kier alpha value is -1.16. The highest BCUT2D eigenvalue weighted by Crippen LogP contribution is 2.31. The standard InChI is InChI=1S/C16H27N3S/c1-6-20-14-9-7-8-13(15(14)16(17)18)19(5)12(4)10-11(2)3/h7-9,11-12H,6,10H2,1-5H3,(H3,17,18). The number of nitrogens with two attached hydrogens (primary N) is 1. The first-order valence-corrected chi connectivity index (χ1v) is 8.20. The van der Waals surface area contributed by atoms with Crippen LogP contribution in [0.4, 0.5) is 5.69 Å². The average Bonchev–Trinajstić information content (AvgIpc) is 2.36. The highest BCUT2D eigenvalue weighted by atomic mass is 32.2. The van der Waals surface area contributed by atoms with Crippen LogP contribution >= 0.6 is 11.8 Å². The van der Waals surface area contributed by atoms with Gasteiger partial charge in [0, 0.05) is 23.7 Å². The number of thioether (sulfide) groups is 1. The maximum atomic E-state index is 7.91. The van der Waals surface area contributed by atoms with Gasteiger partial charge in [0.1, 0.15) is 5.84 Å². The summed E-state index contributed by atoms with van der Waals surface area (Å²) in [5.74, 6) is 1.79. The number of amidine groups is 1. The lowest BCUT2D eigenvalue weighted by Crippen LogP contribution is -2.32. The molecule has 0 aliphatic rings. The molecule has 0 aliphatic heterocycles. The quantitative estimate of drug-likeness (QED) is 0.454. The van der Waals surface area contributed by atoms with Crippen LogP contribution in [0.3, 0.4) is 0 Å². The van der Waals surface area contributed by atoms with Gasteiger partial charge in [0.05, 0.1) is 5.56 Å². The fourth-order valence-corrected chi connectivity index (χ4v) is 3.28. The van der Waals surface area contributed by atoms with E-state index >= 15 is 0 Å². The molecule has 0 saturated heterocycles. The minimum absolute atomic E-state index is 0.153. The molecule has 0 amide bonds. The number of anilines is 1. The van der Waals surface area contributed by atoms with Crippen molar-refractivity contribution in [2.24, 2.45) is 11.7 Å². The lowest BCUT2D eigenvalue weighted by atomic mass is 10.0. The zero-order valence-electron chi connectivity index (χ0n) is 13.2. The molecule has 20 heavy (non-hydrogen) atoms. The summed E-state index contributed by atoms with van der Waals surface area (Å²) in [5, 5.41) is 7.91. The summed E-state index contributed by atoms with van der Waals surface area (Å²) in [6.07, 6.45) is 1.12. The molecule has 1 atom stereocenters. The Balaban J connectivity index is 3.16. The topological polar surface area (TPSA) is 53.1 Å². The van der Waals surface area contributed by atoms with Gasteiger partial charge in [-0.05, 0) is 37.1 Å². The van der Waals surface area contributed by atoms with E-state index in [9.17, 15) is 0 Å². The summed E-state index contributed by atoms with van der Waals surface area (Å²) in [6, 6.07) is 6.59. The zero-order valence-corrected chi connectivity index (χ0v) is 14.1. The molecule has 0 saturated carbocycles. The van der Waals surface area contributed by atoms with Crippen LogP contribution in [-0.4, -0.2) is 24.7 Å². The third-order valence-electron chi connectivity index (χ3n) is 3.43.